The van der Waals surface area contributed by atoms with E-state index in [1.807, 2.05) is 27.7 Å². The van der Waals surface area contributed by atoms with Gasteiger partial charge in [-0.2, -0.15) is 0 Å². The molecular formula is C13H25NO4. The summed E-state index contributed by atoms with van der Waals surface area (Å²) in [6, 6.07) is -0.226. The number of aliphatic hydroxyl groups excluding tert-OH is 2. The number of nitrogens with zero attached hydrogens (tertiary/aromatic N) is 1. The first-order valence-electron chi connectivity index (χ1n) is 6.47. The smallest absolute Gasteiger partial charge is 0.410 e. The number of aliphatic hydroxyl groups is 2. The van der Waals surface area contributed by atoms with Crippen LogP contribution in [-0.2, 0) is 4.74 Å². The van der Waals surface area contributed by atoms with Gasteiger partial charge in [-0.05, 0) is 40.5 Å². The van der Waals surface area contributed by atoms with Crippen LogP contribution < -0.4 is 0 Å². The summed E-state index contributed by atoms with van der Waals surface area (Å²) in [6.45, 7) is 7.70. The highest BCUT2D eigenvalue weighted by Crippen LogP contribution is 2.35. The van der Waals surface area contributed by atoms with Gasteiger partial charge < -0.3 is 19.8 Å². The van der Waals surface area contributed by atoms with Crippen molar-refractivity contribution >= 4 is 6.09 Å². The molecule has 18 heavy (non-hydrogen) atoms. The molecule has 0 aromatic heterocycles. The summed E-state index contributed by atoms with van der Waals surface area (Å²) < 4.78 is 5.35. The Labute approximate surface area is 109 Å². The van der Waals surface area contributed by atoms with Gasteiger partial charge in [0.2, 0.25) is 0 Å². The molecule has 0 aliphatic carbocycles. The van der Waals surface area contributed by atoms with Crippen LogP contribution in [0.25, 0.3) is 0 Å². The fourth-order valence-electron chi connectivity index (χ4n) is 2.38. The van der Waals surface area contributed by atoms with E-state index in [0.29, 0.717) is 6.54 Å². The Bertz CT molecular complexity index is 294. The molecule has 106 valence electrons. The summed E-state index contributed by atoms with van der Waals surface area (Å²) in [7, 11) is 0. The summed E-state index contributed by atoms with van der Waals surface area (Å²) in [5, 5.41) is 19.0. The van der Waals surface area contributed by atoms with E-state index < -0.39 is 11.0 Å². The highest BCUT2D eigenvalue weighted by molar-refractivity contribution is 5.68. The molecule has 0 saturated carbocycles. The minimum atomic E-state index is -0.616. The molecule has 5 heteroatoms. The van der Waals surface area contributed by atoms with E-state index >= 15 is 0 Å². The molecule has 1 rings (SSSR count). The Morgan fingerprint density at radius 3 is 2.39 bits per heavy atom. The van der Waals surface area contributed by atoms with E-state index in [4.69, 9.17) is 4.74 Å². The molecule has 1 saturated heterocycles. The molecular weight excluding hydrogens is 234 g/mol. The van der Waals surface area contributed by atoms with Crippen molar-refractivity contribution in [3.63, 3.8) is 0 Å². The van der Waals surface area contributed by atoms with Crippen molar-refractivity contribution in [1.29, 1.82) is 0 Å². The van der Waals surface area contributed by atoms with Gasteiger partial charge in [0.05, 0.1) is 13.2 Å². The molecule has 1 atom stereocenters. The molecule has 2 N–H and O–H groups in total. The van der Waals surface area contributed by atoms with Crippen LogP contribution in [0.1, 0.15) is 40.5 Å². The zero-order valence-electron chi connectivity index (χ0n) is 11.8. The second-order valence-corrected chi connectivity index (χ2v) is 6.13. The van der Waals surface area contributed by atoms with Crippen molar-refractivity contribution in [3.8, 4) is 0 Å². The van der Waals surface area contributed by atoms with Gasteiger partial charge in [-0.15, -0.1) is 0 Å². The molecule has 0 unspecified atom stereocenters. The van der Waals surface area contributed by atoms with Crippen LogP contribution in [0.4, 0.5) is 4.79 Å². The zero-order valence-corrected chi connectivity index (χ0v) is 11.8. The quantitative estimate of drug-likeness (QED) is 0.786. The number of rotatable bonds is 2. The summed E-state index contributed by atoms with van der Waals surface area (Å²) in [4.78, 5) is 13.7. The number of hydrogen-bond donors (Lipinski definition) is 2. The Balaban J connectivity index is 2.80. The average Bonchev–Trinajstić information content (AvgIpc) is 2.27. The third kappa shape index (κ3) is 3.14. The Morgan fingerprint density at radius 2 is 1.94 bits per heavy atom. The normalized spacial score (nSPS) is 23.9. The van der Waals surface area contributed by atoms with Gasteiger partial charge in [-0.1, -0.05) is 0 Å². The summed E-state index contributed by atoms with van der Waals surface area (Å²) in [6.07, 6.45) is 1.12. The van der Waals surface area contributed by atoms with E-state index in [9.17, 15) is 15.0 Å². The van der Waals surface area contributed by atoms with E-state index in [1.165, 1.54) is 0 Å². The van der Waals surface area contributed by atoms with Crippen LogP contribution in [0.2, 0.25) is 0 Å². The number of carbonyl (C=O) groups excluding carboxylic acids is 1. The maximum atomic E-state index is 12.1. The molecule has 0 bridgehead atoms. The largest absolute Gasteiger partial charge is 0.444 e. The second kappa shape index (κ2) is 5.45. The lowest BCUT2D eigenvalue weighted by Crippen LogP contribution is -2.57. The molecule has 1 aliphatic heterocycles. The molecule has 1 aliphatic rings. The first kappa shape index (κ1) is 15.2. The second-order valence-electron chi connectivity index (χ2n) is 6.13. The van der Waals surface area contributed by atoms with Crippen molar-refractivity contribution < 1.29 is 19.7 Å². The Hall–Kier alpha value is -0.810. The average molecular weight is 259 g/mol. The number of piperidine rings is 1. The van der Waals surface area contributed by atoms with Crippen LogP contribution in [0, 0.1) is 5.41 Å². The van der Waals surface area contributed by atoms with Crippen molar-refractivity contribution in [3.05, 3.63) is 0 Å². The summed E-state index contributed by atoms with van der Waals surface area (Å²) in [5.74, 6) is 0. The van der Waals surface area contributed by atoms with E-state index in [2.05, 4.69) is 0 Å². The van der Waals surface area contributed by atoms with Crippen LogP contribution in [-0.4, -0.2) is 52.6 Å². The van der Waals surface area contributed by atoms with E-state index in [0.717, 1.165) is 12.8 Å². The van der Waals surface area contributed by atoms with Crippen molar-refractivity contribution in [2.24, 2.45) is 5.41 Å². The van der Waals surface area contributed by atoms with Crippen molar-refractivity contribution in [1.82, 2.24) is 4.90 Å². The highest BCUT2D eigenvalue weighted by atomic mass is 16.6. The minimum absolute atomic E-state index is 0.121. The van der Waals surface area contributed by atoms with Crippen LogP contribution in [0.3, 0.4) is 0 Å². The minimum Gasteiger partial charge on any atom is -0.444 e. The van der Waals surface area contributed by atoms with Gasteiger partial charge in [0.1, 0.15) is 5.60 Å². The summed E-state index contributed by atoms with van der Waals surface area (Å²) >= 11 is 0. The molecule has 1 amide bonds. The first-order valence-corrected chi connectivity index (χ1v) is 6.47. The van der Waals surface area contributed by atoms with Gasteiger partial charge in [0.15, 0.2) is 0 Å². The fourth-order valence-corrected chi connectivity index (χ4v) is 2.38. The maximum absolute atomic E-state index is 12.1. The van der Waals surface area contributed by atoms with Gasteiger partial charge in [-0.25, -0.2) is 4.79 Å². The lowest BCUT2D eigenvalue weighted by atomic mass is 9.75. The number of hydrogen-bond acceptors (Lipinski definition) is 4. The highest BCUT2D eigenvalue weighted by Gasteiger charge is 2.44. The SMILES string of the molecule is C[C@@H]1N(C(=O)OC(C)(C)C)CCCC1(CO)CO. The molecule has 0 aromatic carbocycles. The molecule has 0 radical (unpaired) electrons. The van der Waals surface area contributed by atoms with Gasteiger partial charge in [-0.3, -0.25) is 0 Å². The third-order valence-electron chi connectivity index (χ3n) is 3.69. The summed E-state index contributed by atoms with van der Waals surface area (Å²) in [5.41, 5.74) is -1.15. The van der Waals surface area contributed by atoms with Crippen molar-refractivity contribution in [2.75, 3.05) is 19.8 Å². The molecule has 5 nitrogen and oxygen atoms in total. The van der Waals surface area contributed by atoms with E-state index in [1.54, 1.807) is 4.90 Å². The molecule has 1 fully saturated rings. The standard InChI is InChI=1S/C13H25NO4/c1-10-13(8-15,9-16)6-5-7-14(10)11(17)18-12(2,3)4/h10,15-16H,5-9H2,1-4H3/t10-/m0/s1. The van der Waals surface area contributed by atoms with Crippen LogP contribution in [0.5, 0.6) is 0 Å². The van der Waals surface area contributed by atoms with Gasteiger partial charge in [0.25, 0.3) is 0 Å². The first-order chi connectivity index (χ1) is 8.25. The van der Waals surface area contributed by atoms with E-state index in [-0.39, 0.29) is 25.3 Å². The van der Waals surface area contributed by atoms with Gasteiger partial charge in [0, 0.05) is 18.0 Å². The van der Waals surface area contributed by atoms with Gasteiger partial charge >= 0.3 is 6.09 Å². The third-order valence-corrected chi connectivity index (χ3v) is 3.69. The molecule has 1 heterocycles. The molecule has 0 aromatic rings. The fraction of sp³-hybridized carbons (Fsp3) is 0.923. The number of ether oxygens (including phenoxy) is 1. The number of carbonyl (C=O) groups is 1. The van der Waals surface area contributed by atoms with Crippen LogP contribution >= 0.6 is 0 Å². The topological polar surface area (TPSA) is 70.0 Å². The molecule has 0 spiro atoms. The lowest BCUT2D eigenvalue weighted by molar-refractivity contribution is -0.0601. The lowest BCUT2D eigenvalue weighted by Gasteiger charge is -2.46. The predicted octanol–water partition coefficient (Wildman–Crippen LogP) is 1.38. The predicted molar refractivity (Wildman–Crippen MR) is 68.2 cm³/mol. The monoisotopic (exact) mass is 259 g/mol. The number of amides is 1. The van der Waals surface area contributed by atoms with Crippen molar-refractivity contribution in [2.45, 2.75) is 52.2 Å². The maximum Gasteiger partial charge on any atom is 0.410 e. The Morgan fingerprint density at radius 1 is 1.39 bits per heavy atom. The number of likely N-dealkylation sites (tertiary alicyclic amines) is 1. The zero-order chi connectivity index (χ0) is 14.0. The van der Waals surface area contributed by atoms with Crippen LogP contribution in [0.15, 0.2) is 0 Å². The Kier molecular flexibility index (Phi) is 4.61.